The number of carbonyl (C=O) groups is 2. The molecule has 1 heterocycles. The predicted molar refractivity (Wildman–Crippen MR) is 65.5 cm³/mol. The van der Waals surface area contributed by atoms with Crippen molar-refractivity contribution in [3.05, 3.63) is 34.2 Å². The van der Waals surface area contributed by atoms with Crippen molar-refractivity contribution in [1.29, 1.82) is 0 Å². The second-order valence-corrected chi connectivity index (χ2v) is 4.06. The van der Waals surface area contributed by atoms with Gasteiger partial charge in [-0.05, 0) is 18.6 Å². The third-order valence-corrected chi connectivity index (χ3v) is 2.58. The Morgan fingerprint density at radius 3 is 2.72 bits per heavy atom. The molecule has 0 aliphatic rings. The van der Waals surface area contributed by atoms with Crippen LogP contribution in [-0.2, 0) is 11.8 Å². The molecule has 6 nitrogen and oxygen atoms in total. The van der Waals surface area contributed by atoms with Gasteiger partial charge in [0.05, 0.1) is 0 Å². The number of aliphatic carboxylic acids is 1. The first-order chi connectivity index (χ1) is 8.43. The topological polar surface area (TPSA) is 79.6 Å². The number of carbonyl (C=O) groups excluding carboxylic acids is 1. The number of nitrogens with zero attached hydrogens (tertiary/aromatic N) is 2. The van der Waals surface area contributed by atoms with Gasteiger partial charge in [-0.1, -0.05) is 0 Å². The molecule has 18 heavy (non-hydrogen) atoms. The smallest absolute Gasteiger partial charge is 0.303 e. The Hall–Kier alpha value is -2.11. The summed E-state index contributed by atoms with van der Waals surface area (Å²) >= 11 is 0. The molecule has 0 aliphatic carbocycles. The SMILES string of the molecule is CN(CCCC(=O)O)C(=O)c1cccn(C)c1=O. The summed E-state index contributed by atoms with van der Waals surface area (Å²) < 4.78 is 1.33. The molecule has 0 aromatic carbocycles. The number of pyridine rings is 1. The second kappa shape index (κ2) is 6.00. The fraction of sp³-hybridized carbons (Fsp3) is 0.417. The van der Waals surface area contributed by atoms with Gasteiger partial charge in [-0.2, -0.15) is 0 Å². The molecular formula is C12H16N2O4. The summed E-state index contributed by atoms with van der Waals surface area (Å²) in [4.78, 5) is 35.4. The van der Waals surface area contributed by atoms with Crippen LogP contribution in [0.15, 0.2) is 23.1 Å². The maximum Gasteiger partial charge on any atom is 0.303 e. The summed E-state index contributed by atoms with van der Waals surface area (Å²) in [7, 11) is 3.13. The molecule has 0 fully saturated rings. The highest BCUT2D eigenvalue weighted by molar-refractivity contribution is 5.93. The zero-order valence-electron chi connectivity index (χ0n) is 10.4. The molecule has 1 aromatic rings. The van der Waals surface area contributed by atoms with E-state index in [1.165, 1.54) is 15.5 Å². The standard InChI is InChI=1S/C12H16N2O4/c1-13-7-3-5-9(11(13)17)12(18)14(2)8-4-6-10(15)16/h3,5,7H,4,6,8H2,1-2H3,(H,15,16). The van der Waals surface area contributed by atoms with Crippen molar-refractivity contribution in [2.24, 2.45) is 7.05 Å². The Bertz CT molecular complexity index is 507. The van der Waals surface area contributed by atoms with E-state index in [1.54, 1.807) is 26.4 Å². The van der Waals surface area contributed by atoms with Gasteiger partial charge < -0.3 is 14.6 Å². The fourth-order valence-corrected chi connectivity index (χ4v) is 1.53. The molecule has 0 saturated carbocycles. The molecule has 0 radical (unpaired) electrons. The van der Waals surface area contributed by atoms with Crippen LogP contribution >= 0.6 is 0 Å². The highest BCUT2D eigenvalue weighted by Crippen LogP contribution is 2.00. The average Bonchev–Trinajstić information content (AvgIpc) is 2.31. The molecule has 1 N–H and O–H groups in total. The van der Waals surface area contributed by atoms with E-state index in [2.05, 4.69) is 0 Å². The molecule has 1 amide bonds. The Balaban J connectivity index is 2.72. The Morgan fingerprint density at radius 1 is 1.44 bits per heavy atom. The minimum atomic E-state index is -0.897. The van der Waals surface area contributed by atoms with Gasteiger partial charge in [0.15, 0.2) is 0 Å². The molecular weight excluding hydrogens is 236 g/mol. The van der Waals surface area contributed by atoms with Gasteiger partial charge in [0.1, 0.15) is 5.56 Å². The number of hydrogen-bond acceptors (Lipinski definition) is 3. The van der Waals surface area contributed by atoms with E-state index < -0.39 is 5.97 Å². The third-order valence-electron chi connectivity index (χ3n) is 2.58. The van der Waals surface area contributed by atoms with Crippen LogP contribution in [0.1, 0.15) is 23.2 Å². The van der Waals surface area contributed by atoms with Crippen molar-refractivity contribution in [2.75, 3.05) is 13.6 Å². The van der Waals surface area contributed by atoms with Crippen LogP contribution in [0.2, 0.25) is 0 Å². The van der Waals surface area contributed by atoms with Crippen molar-refractivity contribution in [3.8, 4) is 0 Å². The van der Waals surface area contributed by atoms with Gasteiger partial charge >= 0.3 is 5.97 Å². The Labute approximate surface area is 104 Å². The number of aryl methyl sites for hydroxylation is 1. The van der Waals surface area contributed by atoms with Gasteiger partial charge in [0.2, 0.25) is 0 Å². The monoisotopic (exact) mass is 252 g/mol. The van der Waals surface area contributed by atoms with E-state index >= 15 is 0 Å². The Morgan fingerprint density at radius 2 is 2.11 bits per heavy atom. The Kier molecular flexibility index (Phi) is 4.65. The first kappa shape index (κ1) is 14.0. The van der Waals surface area contributed by atoms with Crippen molar-refractivity contribution < 1.29 is 14.7 Å². The second-order valence-electron chi connectivity index (χ2n) is 4.06. The number of carboxylic acids is 1. The van der Waals surface area contributed by atoms with E-state index in [1.807, 2.05) is 0 Å². The number of hydrogen-bond donors (Lipinski definition) is 1. The van der Waals surface area contributed by atoms with Gasteiger partial charge in [-0.25, -0.2) is 0 Å². The average molecular weight is 252 g/mol. The van der Waals surface area contributed by atoms with Gasteiger partial charge in [-0.15, -0.1) is 0 Å². The minimum Gasteiger partial charge on any atom is -0.481 e. The summed E-state index contributed by atoms with van der Waals surface area (Å²) in [6.45, 7) is 0.309. The van der Waals surface area contributed by atoms with Crippen LogP contribution in [0.25, 0.3) is 0 Å². The zero-order chi connectivity index (χ0) is 13.7. The number of rotatable bonds is 5. The van der Waals surface area contributed by atoms with Crippen molar-refractivity contribution in [2.45, 2.75) is 12.8 Å². The lowest BCUT2D eigenvalue weighted by Crippen LogP contribution is -2.34. The maximum absolute atomic E-state index is 12.0. The van der Waals surface area contributed by atoms with E-state index in [0.717, 1.165) is 0 Å². The summed E-state index contributed by atoms with van der Waals surface area (Å²) in [5.41, 5.74) is -0.259. The summed E-state index contributed by atoms with van der Waals surface area (Å²) in [6, 6.07) is 3.10. The molecule has 0 aliphatic heterocycles. The van der Waals surface area contributed by atoms with E-state index in [9.17, 15) is 14.4 Å². The quantitative estimate of drug-likeness (QED) is 0.818. The molecule has 98 valence electrons. The van der Waals surface area contributed by atoms with Crippen LogP contribution in [0.4, 0.5) is 0 Å². The predicted octanol–water partition coefficient (Wildman–Crippen LogP) is 0.322. The van der Waals surface area contributed by atoms with Gasteiger partial charge in [0, 0.05) is 33.3 Å². The molecule has 0 atom stereocenters. The van der Waals surface area contributed by atoms with Crippen LogP contribution in [-0.4, -0.2) is 40.0 Å². The molecule has 6 heteroatoms. The molecule has 0 saturated heterocycles. The van der Waals surface area contributed by atoms with Crippen LogP contribution in [0.5, 0.6) is 0 Å². The number of amides is 1. The van der Waals surface area contributed by atoms with Crippen LogP contribution < -0.4 is 5.56 Å². The van der Waals surface area contributed by atoms with Crippen molar-refractivity contribution in [1.82, 2.24) is 9.47 Å². The lowest BCUT2D eigenvalue weighted by Gasteiger charge is -2.16. The minimum absolute atomic E-state index is 0.00438. The van der Waals surface area contributed by atoms with Crippen LogP contribution in [0.3, 0.4) is 0 Å². The lowest BCUT2D eigenvalue weighted by atomic mass is 10.2. The van der Waals surface area contributed by atoms with E-state index in [-0.39, 0.29) is 23.5 Å². The normalized spacial score (nSPS) is 10.1. The summed E-state index contributed by atoms with van der Waals surface area (Å²) in [5, 5.41) is 8.51. The summed E-state index contributed by atoms with van der Waals surface area (Å²) in [5.74, 6) is -1.28. The lowest BCUT2D eigenvalue weighted by molar-refractivity contribution is -0.137. The number of aromatic nitrogens is 1. The summed E-state index contributed by atoms with van der Waals surface area (Å²) in [6.07, 6.45) is 1.94. The van der Waals surface area contributed by atoms with Crippen molar-refractivity contribution >= 4 is 11.9 Å². The van der Waals surface area contributed by atoms with E-state index in [4.69, 9.17) is 5.11 Å². The fourth-order valence-electron chi connectivity index (χ4n) is 1.53. The third kappa shape index (κ3) is 3.44. The maximum atomic E-state index is 12.0. The first-order valence-corrected chi connectivity index (χ1v) is 5.56. The highest BCUT2D eigenvalue weighted by Gasteiger charge is 2.15. The van der Waals surface area contributed by atoms with Crippen molar-refractivity contribution in [3.63, 3.8) is 0 Å². The molecule has 1 rings (SSSR count). The largest absolute Gasteiger partial charge is 0.481 e. The zero-order valence-corrected chi connectivity index (χ0v) is 10.4. The number of carboxylic acid groups (broad SMARTS) is 1. The molecule has 1 aromatic heterocycles. The van der Waals surface area contributed by atoms with Gasteiger partial charge in [0.25, 0.3) is 11.5 Å². The van der Waals surface area contributed by atoms with Gasteiger partial charge in [-0.3, -0.25) is 14.4 Å². The molecule has 0 bridgehead atoms. The molecule has 0 spiro atoms. The van der Waals surface area contributed by atoms with Crippen LogP contribution in [0, 0.1) is 0 Å². The van der Waals surface area contributed by atoms with E-state index in [0.29, 0.717) is 13.0 Å². The highest BCUT2D eigenvalue weighted by atomic mass is 16.4. The first-order valence-electron chi connectivity index (χ1n) is 5.56. The molecule has 0 unspecified atom stereocenters.